The number of fused-ring (bicyclic) bond motifs is 2. The van der Waals surface area contributed by atoms with E-state index < -0.39 is 0 Å². The summed E-state index contributed by atoms with van der Waals surface area (Å²) >= 11 is 0. The second-order valence-electron chi connectivity index (χ2n) is 10.4. The summed E-state index contributed by atoms with van der Waals surface area (Å²) in [5.74, 6) is 0.347. The van der Waals surface area contributed by atoms with Gasteiger partial charge in [-0.05, 0) is 59.7 Å². The van der Waals surface area contributed by atoms with Gasteiger partial charge in [-0.2, -0.15) is 0 Å². The van der Waals surface area contributed by atoms with E-state index in [9.17, 15) is 14.4 Å². The van der Waals surface area contributed by atoms with Gasteiger partial charge in [0.1, 0.15) is 6.33 Å². The number of nitrogens with one attached hydrogen (secondary N) is 2. The van der Waals surface area contributed by atoms with Crippen molar-refractivity contribution in [2.24, 2.45) is 5.92 Å². The fraction of sp³-hybridized carbons (Fsp3) is 0.615. The molecule has 3 amide bonds. The molecule has 2 N–H and O–H groups in total. The van der Waals surface area contributed by atoms with E-state index in [0.29, 0.717) is 64.1 Å². The van der Waals surface area contributed by atoms with E-state index in [1.54, 1.807) is 11.0 Å². The summed E-state index contributed by atoms with van der Waals surface area (Å²) in [6, 6.07) is 7.26. The Kier molecular flexibility index (Phi) is 11.0. The van der Waals surface area contributed by atoms with Gasteiger partial charge < -0.3 is 20.4 Å². The fourth-order valence-corrected chi connectivity index (χ4v) is 5.02. The van der Waals surface area contributed by atoms with Crippen molar-refractivity contribution in [1.29, 1.82) is 0 Å². The standard InChI is InChI=1S/C26H38N8O3.ClH/c1-19(2)14-24(35)34-13-5-12-32(11-4-3-10-27-25(36)23-15-22(34)16-28-23)26(37)21-8-6-20(7-9-21)17-33-18-29-30-31-33;/h6-9,18-19,22-23,28H,3-5,10-17H2,1-2H3,(H,27,36);1H/t22-,23-;/m0./s1. The number of hydrogen-bond donors (Lipinski definition) is 2. The van der Waals surface area contributed by atoms with Crippen molar-refractivity contribution in [2.45, 2.75) is 64.6 Å². The zero-order chi connectivity index (χ0) is 26.2. The van der Waals surface area contributed by atoms with Gasteiger partial charge in [0.05, 0.1) is 12.6 Å². The average Bonchev–Trinajstić information content (AvgIpc) is 3.57. The van der Waals surface area contributed by atoms with Gasteiger partial charge in [-0.15, -0.1) is 17.5 Å². The van der Waals surface area contributed by atoms with Gasteiger partial charge in [0.15, 0.2) is 0 Å². The quantitative estimate of drug-likeness (QED) is 0.582. The second-order valence-corrected chi connectivity index (χ2v) is 10.4. The molecule has 11 nitrogen and oxygen atoms in total. The molecule has 0 saturated carbocycles. The molecule has 2 fully saturated rings. The van der Waals surface area contributed by atoms with Crippen LogP contribution in [0.3, 0.4) is 0 Å². The SMILES string of the molecule is CC(C)CC(=O)N1CCCN(C(=O)c2ccc(Cn3cnnn3)cc2)CCCCNC(=O)[C@@H]2C[C@H]1CN2.Cl. The molecule has 2 bridgehead atoms. The minimum atomic E-state index is -0.260. The number of amides is 3. The Morgan fingerprint density at radius 1 is 1.08 bits per heavy atom. The predicted molar refractivity (Wildman–Crippen MR) is 145 cm³/mol. The van der Waals surface area contributed by atoms with Crippen LogP contribution in [0.4, 0.5) is 0 Å². The molecule has 38 heavy (non-hydrogen) atoms. The van der Waals surface area contributed by atoms with Gasteiger partial charge in [0, 0.05) is 50.7 Å². The van der Waals surface area contributed by atoms with Crippen LogP contribution in [0.2, 0.25) is 0 Å². The van der Waals surface area contributed by atoms with Crippen molar-refractivity contribution in [3.05, 3.63) is 41.7 Å². The molecule has 2 aromatic rings. The molecule has 2 aliphatic heterocycles. The van der Waals surface area contributed by atoms with E-state index in [4.69, 9.17) is 0 Å². The lowest BCUT2D eigenvalue weighted by Gasteiger charge is -2.31. The number of benzene rings is 1. The highest BCUT2D eigenvalue weighted by Gasteiger charge is 2.35. The number of rotatable bonds is 5. The number of carbonyl (C=O) groups is 3. The maximum atomic E-state index is 13.4. The third-order valence-corrected chi connectivity index (χ3v) is 6.97. The first-order chi connectivity index (χ1) is 17.9. The van der Waals surface area contributed by atoms with Crippen LogP contribution in [-0.4, -0.2) is 92.5 Å². The average molecular weight is 547 g/mol. The van der Waals surface area contributed by atoms with Gasteiger partial charge >= 0.3 is 0 Å². The Morgan fingerprint density at radius 2 is 1.84 bits per heavy atom. The van der Waals surface area contributed by atoms with Crippen molar-refractivity contribution < 1.29 is 14.4 Å². The number of hydrogen-bond acceptors (Lipinski definition) is 7. The molecule has 1 aromatic carbocycles. The lowest BCUT2D eigenvalue weighted by molar-refractivity contribution is -0.134. The summed E-state index contributed by atoms with van der Waals surface area (Å²) in [6.45, 7) is 7.56. The largest absolute Gasteiger partial charge is 0.355 e. The fourth-order valence-electron chi connectivity index (χ4n) is 5.02. The zero-order valence-corrected chi connectivity index (χ0v) is 23.0. The van der Waals surface area contributed by atoms with Crippen LogP contribution in [0.1, 0.15) is 61.9 Å². The number of halogens is 1. The molecule has 0 unspecified atom stereocenters. The normalized spacial score (nSPS) is 21.0. The van der Waals surface area contributed by atoms with E-state index in [0.717, 1.165) is 18.4 Å². The molecule has 0 radical (unpaired) electrons. The number of tetrazole rings is 1. The van der Waals surface area contributed by atoms with Crippen molar-refractivity contribution in [1.82, 2.24) is 40.6 Å². The first-order valence-electron chi connectivity index (χ1n) is 13.3. The highest BCUT2D eigenvalue weighted by atomic mass is 35.5. The molecule has 0 aliphatic carbocycles. The minimum absolute atomic E-state index is 0. The Bertz CT molecular complexity index is 1050. The van der Waals surface area contributed by atoms with Gasteiger partial charge in [-0.25, -0.2) is 4.68 Å². The zero-order valence-electron chi connectivity index (χ0n) is 22.2. The lowest BCUT2D eigenvalue weighted by atomic mass is 10.1. The molecule has 2 atom stereocenters. The monoisotopic (exact) mass is 546 g/mol. The van der Waals surface area contributed by atoms with E-state index in [-0.39, 0.29) is 48.1 Å². The van der Waals surface area contributed by atoms with Gasteiger partial charge in [-0.3, -0.25) is 14.4 Å². The smallest absolute Gasteiger partial charge is 0.253 e. The molecule has 2 saturated heterocycles. The Hall–Kier alpha value is -3.05. The Morgan fingerprint density at radius 3 is 2.55 bits per heavy atom. The molecule has 0 spiro atoms. The van der Waals surface area contributed by atoms with Crippen LogP contribution < -0.4 is 10.6 Å². The molecule has 1 aromatic heterocycles. The van der Waals surface area contributed by atoms with E-state index in [1.165, 1.54) is 0 Å². The second kappa shape index (κ2) is 14.2. The number of aromatic nitrogens is 4. The summed E-state index contributed by atoms with van der Waals surface area (Å²) in [6.07, 6.45) is 4.94. The highest BCUT2D eigenvalue weighted by molar-refractivity contribution is 5.94. The first kappa shape index (κ1) is 29.5. The van der Waals surface area contributed by atoms with Crippen LogP contribution in [0.5, 0.6) is 0 Å². The maximum absolute atomic E-state index is 13.4. The van der Waals surface area contributed by atoms with Crippen molar-refractivity contribution in [3.8, 4) is 0 Å². The number of carbonyl (C=O) groups excluding carboxylic acids is 3. The van der Waals surface area contributed by atoms with Crippen molar-refractivity contribution in [3.63, 3.8) is 0 Å². The van der Waals surface area contributed by atoms with Crippen LogP contribution in [0.15, 0.2) is 30.6 Å². The van der Waals surface area contributed by atoms with E-state index in [2.05, 4.69) is 26.2 Å². The first-order valence-corrected chi connectivity index (χ1v) is 13.3. The van der Waals surface area contributed by atoms with Gasteiger partial charge in [0.2, 0.25) is 11.8 Å². The molecule has 12 heteroatoms. The van der Waals surface area contributed by atoms with Crippen molar-refractivity contribution in [2.75, 3.05) is 32.7 Å². The van der Waals surface area contributed by atoms with Gasteiger partial charge in [0.25, 0.3) is 5.91 Å². The topological polar surface area (TPSA) is 125 Å². The third kappa shape index (κ3) is 7.97. The maximum Gasteiger partial charge on any atom is 0.253 e. The summed E-state index contributed by atoms with van der Waals surface area (Å²) < 4.78 is 1.63. The summed E-state index contributed by atoms with van der Waals surface area (Å²) in [7, 11) is 0. The summed E-state index contributed by atoms with van der Waals surface area (Å²) in [5, 5.41) is 17.5. The predicted octanol–water partition coefficient (Wildman–Crippen LogP) is 1.49. The third-order valence-electron chi connectivity index (χ3n) is 6.97. The van der Waals surface area contributed by atoms with E-state index in [1.807, 2.05) is 47.9 Å². The summed E-state index contributed by atoms with van der Waals surface area (Å²) in [4.78, 5) is 43.0. The molecule has 208 valence electrons. The van der Waals surface area contributed by atoms with Crippen LogP contribution in [0.25, 0.3) is 0 Å². The molecule has 4 rings (SSSR count). The molecule has 2 aliphatic rings. The summed E-state index contributed by atoms with van der Waals surface area (Å²) in [5.41, 5.74) is 1.63. The molecular weight excluding hydrogens is 508 g/mol. The van der Waals surface area contributed by atoms with Crippen LogP contribution >= 0.6 is 12.4 Å². The lowest BCUT2D eigenvalue weighted by Crippen LogP contribution is -2.44. The van der Waals surface area contributed by atoms with Gasteiger partial charge in [-0.1, -0.05) is 26.0 Å². The van der Waals surface area contributed by atoms with Crippen LogP contribution in [0, 0.1) is 5.92 Å². The number of nitrogens with zero attached hydrogens (tertiary/aromatic N) is 6. The highest BCUT2D eigenvalue weighted by Crippen LogP contribution is 2.19. The van der Waals surface area contributed by atoms with Crippen molar-refractivity contribution >= 4 is 30.1 Å². The Balaban J connectivity index is 0.00000400. The van der Waals surface area contributed by atoms with Crippen LogP contribution in [-0.2, 0) is 16.1 Å². The minimum Gasteiger partial charge on any atom is -0.355 e. The Labute approximate surface area is 230 Å². The molecule has 3 heterocycles. The molecular formula is C26H39ClN8O3. The van der Waals surface area contributed by atoms with E-state index >= 15 is 0 Å².